The fourth-order valence-electron chi connectivity index (χ4n) is 1.93. The largest absolute Gasteiger partial charge is 0.297 e. The summed E-state index contributed by atoms with van der Waals surface area (Å²) in [6.45, 7) is 4.26. The molecule has 0 spiro atoms. The molecule has 1 rings (SSSR count). The Hall–Kier alpha value is -0.680. The first-order chi connectivity index (χ1) is 8.62. The number of hydrogen-bond donors (Lipinski definition) is 1. The summed E-state index contributed by atoms with van der Waals surface area (Å²) in [6.07, 6.45) is 8.54. The smallest absolute Gasteiger partial charge is 0.0691 e. The van der Waals surface area contributed by atoms with Crippen molar-refractivity contribution in [2.45, 2.75) is 45.2 Å². The van der Waals surface area contributed by atoms with Crippen LogP contribution < -0.4 is 5.32 Å². The van der Waals surface area contributed by atoms with Crippen LogP contribution in [-0.4, -0.2) is 6.04 Å². The van der Waals surface area contributed by atoms with Gasteiger partial charge in [0.25, 0.3) is 0 Å². The van der Waals surface area contributed by atoms with Gasteiger partial charge in [0.15, 0.2) is 0 Å². The van der Waals surface area contributed by atoms with Crippen molar-refractivity contribution in [1.29, 1.82) is 0 Å². The lowest BCUT2D eigenvalue weighted by Gasteiger charge is -2.22. The van der Waals surface area contributed by atoms with Gasteiger partial charge in [-0.25, -0.2) is 0 Å². The van der Waals surface area contributed by atoms with Crippen molar-refractivity contribution in [2.75, 3.05) is 0 Å². The molecule has 3 heteroatoms. The summed E-state index contributed by atoms with van der Waals surface area (Å²) in [6, 6.07) is 6.05. The molecule has 0 aromatic heterocycles. The van der Waals surface area contributed by atoms with Gasteiger partial charge in [-0.15, -0.1) is 6.42 Å². The third kappa shape index (κ3) is 4.21. The molecule has 1 aromatic rings. The van der Waals surface area contributed by atoms with Gasteiger partial charge in [-0.3, -0.25) is 5.32 Å². The van der Waals surface area contributed by atoms with Crippen molar-refractivity contribution >= 4 is 23.2 Å². The number of nitrogens with one attached hydrogen (secondary N) is 1. The number of rotatable bonds is 6. The second-order valence-electron chi connectivity index (χ2n) is 4.31. The van der Waals surface area contributed by atoms with Gasteiger partial charge in [0.05, 0.1) is 16.1 Å². The van der Waals surface area contributed by atoms with Crippen LogP contribution in [0.25, 0.3) is 0 Å². The first-order valence-electron chi connectivity index (χ1n) is 6.29. The fourth-order valence-corrected chi connectivity index (χ4v) is 2.23. The van der Waals surface area contributed by atoms with E-state index in [0.29, 0.717) is 10.0 Å². The molecule has 0 heterocycles. The lowest BCUT2D eigenvalue weighted by Crippen LogP contribution is -2.31. The van der Waals surface area contributed by atoms with Crippen molar-refractivity contribution in [3.8, 4) is 12.3 Å². The SMILES string of the molecule is C#CC(CCC)NC(CC)c1ccc(Cl)c(Cl)c1. The third-order valence-electron chi connectivity index (χ3n) is 2.94. The van der Waals surface area contributed by atoms with E-state index < -0.39 is 0 Å². The maximum Gasteiger partial charge on any atom is 0.0691 e. The van der Waals surface area contributed by atoms with Crippen LogP contribution in [0.15, 0.2) is 18.2 Å². The number of benzene rings is 1. The predicted molar refractivity (Wildman–Crippen MR) is 80.2 cm³/mol. The van der Waals surface area contributed by atoms with Crippen LogP contribution in [0, 0.1) is 12.3 Å². The summed E-state index contributed by atoms with van der Waals surface area (Å²) >= 11 is 12.0. The molecule has 0 radical (unpaired) electrons. The second-order valence-corrected chi connectivity index (χ2v) is 5.12. The van der Waals surface area contributed by atoms with Crippen molar-refractivity contribution in [1.82, 2.24) is 5.32 Å². The maximum absolute atomic E-state index is 6.05. The normalized spacial score (nSPS) is 13.9. The first kappa shape index (κ1) is 15.4. The summed E-state index contributed by atoms with van der Waals surface area (Å²) < 4.78 is 0. The number of hydrogen-bond acceptors (Lipinski definition) is 1. The quantitative estimate of drug-likeness (QED) is 0.737. The van der Waals surface area contributed by atoms with E-state index in [1.807, 2.05) is 18.2 Å². The highest BCUT2D eigenvalue weighted by Gasteiger charge is 2.14. The second kappa shape index (κ2) is 7.69. The van der Waals surface area contributed by atoms with Crippen molar-refractivity contribution < 1.29 is 0 Å². The molecule has 2 atom stereocenters. The monoisotopic (exact) mass is 283 g/mol. The lowest BCUT2D eigenvalue weighted by molar-refractivity contribution is 0.460. The molecule has 0 aliphatic rings. The average molecular weight is 284 g/mol. The van der Waals surface area contributed by atoms with Crippen LogP contribution in [-0.2, 0) is 0 Å². The Kier molecular flexibility index (Phi) is 6.57. The van der Waals surface area contributed by atoms with Gasteiger partial charge in [-0.2, -0.15) is 0 Å². The molecule has 0 amide bonds. The fraction of sp³-hybridized carbons (Fsp3) is 0.467. The molecule has 98 valence electrons. The van der Waals surface area contributed by atoms with E-state index in [2.05, 4.69) is 25.1 Å². The van der Waals surface area contributed by atoms with Crippen LogP contribution in [0.3, 0.4) is 0 Å². The summed E-state index contributed by atoms with van der Waals surface area (Å²) in [4.78, 5) is 0. The van der Waals surface area contributed by atoms with E-state index in [1.165, 1.54) is 0 Å². The molecule has 0 bridgehead atoms. The minimum atomic E-state index is 0.106. The molecule has 0 aliphatic carbocycles. The van der Waals surface area contributed by atoms with Crippen LogP contribution >= 0.6 is 23.2 Å². The molecule has 18 heavy (non-hydrogen) atoms. The van der Waals surface area contributed by atoms with Crippen LogP contribution in [0.4, 0.5) is 0 Å². The van der Waals surface area contributed by atoms with Crippen LogP contribution in [0.2, 0.25) is 10.0 Å². The van der Waals surface area contributed by atoms with Gasteiger partial charge in [-0.1, -0.05) is 55.5 Å². The van der Waals surface area contributed by atoms with Crippen LogP contribution in [0.1, 0.15) is 44.7 Å². The zero-order valence-electron chi connectivity index (χ0n) is 10.8. The standard InChI is InChI=1S/C15H19Cl2N/c1-4-7-12(5-2)18-15(6-3)11-8-9-13(16)14(17)10-11/h2,8-10,12,15,18H,4,6-7H2,1,3H3. The predicted octanol–water partition coefficient (Wildman–Crippen LogP) is 4.84. The van der Waals surface area contributed by atoms with E-state index >= 15 is 0 Å². The molecule has 0 saturated heterocycles. The van der Waals surface area contributed by atoms with E-state index in [9.17, 15) is 0 Å². The van der Waals surface area contributed by atoms with Gasteiger partial charge < -0.3 is 0 Å². The minimum Gasteiger partial charge on any atom is -0.297 e. The van der Waals surface area contributed by atoms with Crippen molar-refractivity contribution in [3.63, 3.8) is 0 Å². The van der Waals surface area contributed by atoms with Crippen LogP contribution in [0.5, 0.6) is 0 Å². The summed E-state index contributed by atoms with van der Waals surface area (Å²) in [5.74, 6) is 2.79. The lowest BCUT2D eigenvalue weighted by atomic mass is 10.0. The third-order valence-corrected chi connectivity index (χ3v) is 3.67. The number of terminal acetylenes is 1. The van der Waals surface area contributed by atoms with E-state index in [-0.39, 0.29) is 12.1 Å². The molecule has 1 N–H and O–H groups in total. The molecule has 0 fully saturated rings. The average Bonchev–Trinajstić information content (AvgIpc) is 2.38. The van der Waals surface area contributed by atoms with Crippen molar-refractivity contribution in [3.05, 3.63) is 33.8 Å². The summed E-state index contributed by atoms with van der Waals surface area (Å²) in [5.41, 5.74) is 1.13. The van der Waals surface area contributed by atoms with Gasteiger partial charge in [0.1, 0.15) is 0 Å². The van der Waals surface area contributed by atoms with E-state index in [1.54, 1.807) is 0 Å². The molecule has 2 unspecified atom stereocenters. The molecule has 0 aliphatic heterocycles. The Morgan fingerprint density at radius 1 is 1.28 bits per heavy atom. The Morgan fingerprint density at radius 2 is 2.00 bits per heavy atom. The Labute approximate surface area is 120 Å². The molecular formula is C15H19Cl2N. The van der Waals surface area contributed by atoms with E-state index in [0.717, 1.165) is 24.8 Å². The summed E-state index contributed by atoms with van der Waals surface area (Å²) in [5, 5.41) is 4.65. The van der Waals surface area contributed by atoms with Gasteiger partial charge in [-0.05, 0) is 30.5 Å². The highest BCUT2D eigenvalue weighted by molar-refractivity contribution is 6.42. The maximum atomic E-state index is 6.05. The van der Waals surface area contributed by atoms with E-state index in [4.69, 9.17) is 29.6 Å². The van der Waals surface area contributed by atoms with Gasteiger partial charge >= 0.3 is 0 Å². The van der Waals surface area contributed by atoms with Gasteiger partial charge in [0, 0.05) is 6.04 Å². The first-order valence-corrected chi connectivity index (χ1v) is 7.05. The van der Waals surface area contributed by atoms with Gasteiger partial charge in [0.2, 0.25) is 0 Å². The Morgan fingerprint density at radius 3 is 2.50 bits per heavy atom. The topological polar surface area (TPSA) is 12.0 Å². The Balaban J connectivity index is 2.82. The molecule has 1 nitrogen and oxygen atoms in total. The zero-order chi connectivity index (χ0) is 13.5. The van der Waals surface area contributed by atoms with Crippen molar-refractivity contribution in [2.24, 2.45) is 0 Å². The Bertz CT molecular complexity index is 423. The zero-order valence-corrected chi connectivity index (χ0v) is 12.4. The highest BCUT2D eigenvalue weighted by Crippen LogP contribution is 2.27. The molecule has 1 aromatic carbocycles. The minimum absolute atomic E-state index is 0.106. The highest BCUT2D eigenvalue weighted by atomic mass is 35.5. The molecule has 0 saturated carbocycles. The number of halogens is 2. The summed E-state index contributed by atoms with van der Waals surface area (Å²) in [7, 11) is 0. The molecular weight excluding hydrogens is 265 g/mol.